The van der Waals surface area contributed by atoms with Crippen LogP contribution in [0.5, 0.6) is 11.5 Å². The minimum atomic E-state index is -0.401. The Kier molecular flexibility index (Phi) is 5.74. The fourth-order valence-electron chi connectivity index (χ4n) is 4.01. The molecule has 8 nitrogen and oxygen atoms in total. The molecule has 1 fully saturated rings. The smallest absolute Gasteiger partial charge is 0.269 e. The molecule has 0 N–H and O–H groups in total. The minimum Gasteiger partial charge on any atom is -0.494 e. The Morgan fingerprint density at radius 1 is 1.17 bits per heavy atom. The van der Waals surface area contributed by atoms with E-state index in [1.165, 1.54) is 12.1 Å². The highest BCUT2D eigenvalue weighted by Gasteiger charge is 2.31. The molecular weight excluding hydrogens is 386 g/mol. The number of benzene rings is 2. The molecule has 1 saturated heterocycles. The molecule has 2 aliphatic rings. The van der Waals surface area contributed by atoms with Crippen molar-refractivity contribution in [1.29, 1.82) is 0 Å². The van der Waals surface area contributed by atoms with Gasteiger partial charge in [0.2, 0.25) is 5.91 Å². The third-order valence-corrected chi connectivity index (χ3v) is 5.62. The predicted molar refractivity (Wildman–Crippen MR) is 112 cm³/mol. The lowest BCUT2D eigenvalue weighted by Gasteiger charge is -2.38. The van der Waals surface area contributed by atoms with Crippen molar-refractivity contribution in [2.24, 2.45) is 5.92 Å². The Morgan fingerprint density at radius 2 is 1.90 bits per heavy atom. The minimum absolute atomic E-state index is 0.0811. The van der Waals surface area contributed by atoms with Crippen molar-refractivity contribution in [3.05, 3.63) is 58.1 Å². The molecule has 0 saturated carbocycles. The highest BCUT2D eigenvalue weighted by atomic mass is 16.6. The van der Waals surface area contributed by atoms with Gasteiger partial charge in [0.25, 0.3) is 5.69 Å². The van der Waals surface area contributed by atoms with Gasteiger partial charge in [0.05, 0.1) is 17.4 Å². The Labute approximate surface area is 175 Å². The van der Waals surface area contributed by atoms with E-state index in [0.29, 0.717) is 45.8 Å². The van der Waals surface area contributed by atoms with Gasteiger partial charge in [0.1, 0.15) is 18.1 Å². The number of nitro groups is 1. The zero-order valence-corrected chi connectivity index (χ0v) is 17.0. The van der Waals surface area contributed by atoms with Crippen LogP contribution in [0.4, 0.5) is 11.4 Å². The normalized spacial score (nSPS) is 18.4. The number of nitrogens with zero attached hydrogens (tertiary/aromatic N) is 3. The molecule has 0 aliphatic carbocycles. The monoisotopic (exact) mass is 411 g/mol. The van der Waals surface area contributed by atoms with Gasteiger partial charge in [0, 0.05) is 44.0 Å². The fraction of sp³-hybridized carbons (Fsp3) is 0.409. The number of hydrogen-bond donors (Lipinski definition) is 0. The summed E-state index contributed by atoms with van der Waals surface area (Å²) in [6.07, 6.45) is 0.650. The zero-order chi connectivity index (χ0) is 21.1. The van der Waals surface area contributed by atoms with Crippen molar-refractivity contribution in [1.82, 2.24) is 4.90 Å². The second-order valence-corrected chi connectivity index (χ2v) is 7.50. The number of rotatable bonds is 5. The first-order valence-corrected chi connectivity index (χ1v) is 10.2. The highest BCUT2D eigenvalue weighted by molar-refractivity contribution is 5.80. The fourth-order valence-corrected chi connectivity index (χ4v) is 4.01. The molecular formula is C22H25N3O5. The summed E-state index contributed by atoms with van der Waals surface area (Å²) in [5, 5.41) is 10.8. The summed E-state index contributed by atoms with van der Waals surface area (Å²) in [7, 11) is 0. The van der Waals surface area contributed by atoms with Crippen LogP contribution in [0.25, 0.3) is 0 Å². The van der Waals surface area contributed by atoms with Gasteiger partial charge in [-0.15, -0.1) is 0 Å². The molecule has 0 aromatic heterocycles. The summed E-state index contributed by atoms with van der Waals surface area (Å²) in [4.78, 5) is 27.5. The van der Waals surface area contributed by atoms with Gasteiger partial charge in [-0.05, 0) is 49.2 Å². The quantitative estimate of drug-likeness (QED) is 0.556. The van der Waals surface area contributed by atoms with Crippen LogP contribution in [-0.4, -0.2) is 55.1 Å². The van der Waals surface area contributed by atoms with Crippen LogP contribution < -0.4 is 14.4 Å². The molecule has 2 aromatic rings. The van der Waals surface area contributed by atoms with Gasteiger partial charge in [-0.1, -0.05) is 0 Å². The van der Waals surface area contributed by atoms with Gasteiger partial charge in [-0.2, -0.15) is 0 Å². The van der Waals surface area contributed by atoms with Crippen molar-refractivity contribution in [2.45, 2.75) is 13.3 Å². The number of nitro benzene ring substituents is 1. The van der Waals surface area contributed by atoms with Gasteiger partial charge >= 0.3 is 0 Å². The van der Waals surface area contributed by atoms with E-state index in [9.17, 15) is 14.9 Å². The van der Waals surface area contributed by atoms with Crippen LogP contribution >= 0.6 is 0 Å². The Morgan fingerprint density at radius 3 is 2.57 bits per heavy atom. The first-order chi connectivity index (χ1) is 14.5. The number of piperazine rings is 1. The third kappa shape index (κ3) is 4.17. The molecule has 2 heterocycles. The summed E-state index contributed by atoms with van der Waals surface area (Å²) in [6.45, 7) is 5.57. The van der Waals surface area contributed by atoms with E-state index in [1.807, 2.05) is 30.0 Å². The molecule has 1 amide bonds. The SMILES string of the molecule is CCOc1ccc2c(c1)CC(C(=O)N1CCN(c3ccc([N+](=O)[O-])cc3)CC1)CO2. The molecule has 0 spiro atoms. The van der Waals surface area contributed by atoms with E-state index in [4.69, 9.17) is 9.47 Å². The zero-order valence-electron chi connectivity index (χ0n) is 17.0. The number of carbonyl (C=O) groups excluding carboxylic acids is 1. The van der Waals surface area contributed by atoms with Gasteiger partial charge in [-0.25, -0.2) is 0 Å². The number of hydrogen-bond acceptors (Lipinski definition) is 6. The summed E-state index contributed by atoms with van der Waals surface area (Å²) in [5.74, 6) is 1.54. The average molecular weight is 411 g/mol. The van der Waals surface area contributed by atoms with Crippen LogP contribution in [0.1, 0.15) is 12.5 Å². The Hall–Kier alpha value is -3.29. The molecule has 1 unspecified atom stereocenters. The van der Waals surface area contributed by atoms with Gasteiger partial charge in [-0.3, -0.25) is 14.9 Å². The standard InChI is InChI=1S/C22H25N3O5/c1-2-29-20-7-8-21-16(14-20)13-17(15-30-21)22(26)24-11-9-23(10-12-24)18-3-5-19(6-4-18)25(27)28/h3-8,14,17H,2,9-13,15H2,1H3. The van der Waals surface area contributed by atoms with Crippen molar-refractivity contribution >= 4 is 17.3 Å². The van der Waals surface area contributed by atoms with Crippen LogP contribution in [0.3, 0.4) is 0 Å². The number of ether oxygens (including phenoxy) is 2. The summed E-state index contributed by atoms with van der Waals surface area (Å²) >= 11 is 0. The van der Waals surface area contributed by atoms with Crippen LogP contribution in [0, 0.1) is 16.0 Å². The van der Waals surface area contributed by atoms with Crippen LogP contribution in [0.15, 0.2) is 42.5 Å². The van der Waals surface area contributed by atoms with E-state index in [1.54, 1.807) is 12.1 Å². The van der Waals surface area contributed by atoms with E-state index in [-0.39, 0.29) is 17.5 Å². The molecule has 4 rings (SSSR count). The van der Waals surface area contributed by atoms with Crippen molar-refractivity contribution in [3.8, 4) is 11.5 Å². The van der Waals surface area contributed by atoms with E-state index in [0.717, 1.165) is 22.7 Å². The summed E-state index contributed by atoms with van der Waals surface area (Å²) in [6, 6.07) is 12.3. The second-order valence-electron chi connectivity index (χ2n) is 7.50. The van der Waals surface area contributed by atoms with Crippen molar-refractivity contribution in [2.75, 3.05) is 44.3 Å². The molecule has 30 heavy (non-hydrogen) atoms. The van der Waals surface area contributed by atoms with Crippen LogP contribution in [-0.2, 0) is 11.2 Å². The summed E-state index contributed by atoms with van der Waals surface area (Å²) in [5.41, 5.74) is 2.03. The molecule has 1 atom stereocenters. The van der Waals surface area contributed by atoms with Gasteiger partial charge < -0.3 is 19.3 Å². The predicted octanol–water partition coefficient (Wildman–Crippen LogP) is 2.89. The van der Waals surface area contributed by atoms with Crippen LogP contribution in [0.2, 0.25) is 0 Å². The average Bonchev–Trinajstić information content (AvgIpc) is 2.78. The van der Waals surface area contributed by atoms with E-state index in [2.05, 4.69) is 4.90 Å². The molecule has 0 bridgehead atoms. The van der Waals surface area contributed by atoms with E-state index < -0.39 is 4.92 Å². The molecule has 8 heteroatoms. The second kappa shape index (κ2) is 8.61. The maximum Gasteiger partial charge on any atom is 0.269 e. The lowest BCUT2D eigenvalue weighted by atomic mass is 9.95. The van der Waals surface area contributed by atoms with Crippen molar-refractivity contribution < 1.29 is 19.2 Å². The molecule has 2 aliphatic heterocycles. The maximum atomic E-state index is 13.1. The topological polar surface area (TPSA) is 85.2 Å². The molecule has 2 aromatic carbocycles. The number of carbonyl (C=O) groups is 1. The Balaban J connectivity index is 1.35. The number of amides is 1. The number of fused-ring (bicyclic) bond motifs is 1. The highest BCUT2D eigenvalue weighted by Crippen LogP contribution is 2.32. The van der Waals surface area contributed by atoms with E-state index >= 15 is 0 Å². The third-order valence-electron chi connectivity index (χ3n) is 5.62. The van der Waals surface area contributed by atoms with Gasteiger partial charge in [0.15, 0.2) is 0 Å². The maximum absolute atomic E-state index is 13.1. The first-order valence-electron chi connectivity index (χ1n) is 10.2. The lowest BCUT2D eigenvalue weighted by Crippen LogP contribution is -2.51. The largest absolute Gasteiger partial charge is 0.494 e. The summed E-state index contributed by atoms with van der Waals surface area (Å²) < 4.78 is 11.4. The Bertz CT molecular complexity index is 923. The first kappa shape index (κ1) is 20.0. The molecule has 158 valence electrons. The lowest BCUT2D eigenvalue weighted by molar-refractivity contribution is -0.384. The number of anilines is 1. The molecule has 0 radical (unpaired) electrons. The van der Waals surface area contributed by atoms with Crippen molar-refractivity contribution in [3.63, 3.8) is 0 Å². The number of non-ortho nitro benzene ring substituents is 1.